The molecule has 144 valence electrons. The van der Waals surface area contributed by atoms with Gasteiger partial charge in [0.1, 0.15) is 5.76 Å². The lowest BCUT2D eigenvalue weighted by molar-refractivity contribution is -0.175. The molecule has 1 aromatic heterocycles. The average molecular weight is 366 g/mol. The van der Waals surface area contributed by atoms with E-state index in [-0.39, 0.29) is 32.7 Å². The summed E-state index contributed by atoms with van der Waals surface area (Å²) in [5.41, 5.74) is -1.79. The third kappa shape index (κ3) is 4.74. The average Bonchev–Trinajstić information content (AvgIpc) is 3.12. The summed E-state index contributed by atoms with van der Waals surface area (Å²) in [6.07, 6.45) is 2.51. The normalized spacial score (nSPS) is 12.1. The molecule has 7 nitrogen and oxygen atoms in total. The van der Waals surface area contributed by atoms with E-state index in [1.165, 1.54) is 12.3 Å². The maximum atomic E-state index is 12.9. The molecule has 1 rings (SSSR count). The molecule has 0 spiro atoms. The number of carbonyl (C=O) groups excluding carboxylic acids is 3. The number of rotatable bonds is 11. The molecule has 0 fully saturated rings. The molecule has 0 radical (unpaired) electrons. The van der Waals surface area contributed by atoms with Gasteiger partial charge in [0, 0.05) is 0 Å². The van der Waals surface area contributed by atoms with E-state index in [1.54, 1.807) is 32.9 Å². The van der Waals surface area contributed by atoms with E-state index in [4.69, 9.17) is 18.6 Å². The first-order valence-electron chi connectivity index (χ1n) is 8.62. The topological polar surface area (TPSA) is 92.0 Å². The van der Waals surface area contributed by atoms with Gasteiger partial charge in [-0.15, -0.1) is 6.58 Å². The van der Waals surface area contributed by atoms with Crippen LogP contribution < -0.4 is 0 Å². The second kappa shape index (κ2) is 10.4. The molecule has 0 saturated heterocycles. The van der Waals surface area contributed by atoms with Gasteiger partial charge in [0.05, 0.1) is 38.4 Å². The quantitative estimate of drug-likeness (QED) is 0.257. The van der Waals surface area contributed by atoms with E-state index in [1.807, 2.05) is 0 Å². The van der Waals surface area contributed by atoms with Crippen LogP contribution in [0, 0.1) is 5.41 Å². The molecule has 0 aliphatic heterocycles. The summed E-state index contributed by atoms with van der Waals surface area (Å²) in [5.74, 6) is -2.79. The predicted octanol–water partition coefficient (Wildman–Crippen LogP) is 3.01. The molecule has 26 heavy (non-hydrogen) atoms. The van der Waals surface area contributed by atoms with Gasteiger partial charge >= 0.3 is 17.9 Å². The molecule has 1 unspecified atom stereocenters. The Hall–Kier alpha value is -2.57. The number of hydrogen-bond donors (Lipinski definition) is 0. The first-order chi connectivity index (χ1) is 12.5. The molecule has 0 saturated carbocycles. The van der Waals surface area contributed by atoms with E-state index in [2.05, 4.69) is 6.58 Å². The van der Waals surface area contributed by atoms with Gasteiger partial charge in [-0.3, -0.25) is 14.4 Å². The number of carbonyl (C=O) groups is 3. The summed E-state index contributed by atoms with van der Waals surface area (Å²) < 4.78 is 20.8. The monoisotopic (exact) mass is 366 g/mol. The molecule has 0 bridgehead atoms. The van der Waals surface area contributed by atoms with Crippen molar-refractivity contribution in [2.24, 2.45) is 5.41 Å². The highest BCUT2D eigenvalue weighted by Gasteiger charge is 2.56. The van der Waals surface area contributed by atoms with E-state index in [0.717, 1.165) is 0 Å². The van der Waals surface area contributed by atoms with Gasteiger partial charge in [-0.05, 0) is 39.3 Å². The van der Waals surface area contributed by atoms with Crippen molar-refractivity contribution in [1.29, 1.82) is 0 Å². The molecule has 0 N–H and O–H groups in total. The number of hydrogen-bond acceptors (Lipinski definition) is 7. The van der Waals surface area contributed by atoms with Crippen molar-refractivity contribution in [2.45, 2.75) is 39.5 Å². The van der Waals surface area contributed by atoms with Crippen molar-refractivity contribution in [3.05, 3.63) is 36.8 Å². The summed E-state index contributed by atoms with van der Waals surface area (Å²) in [6.45, 7) is 8.91. The second-order valence-corrected chi connectivity index (χ2v) is 5.48. The zero-order valence-corrected chi connectivity index (χ0v) is 15.5. The van der Waals surface area contributed by atoms with Crippen LogP contribution in [0.1, 0.15) is 45.3 Å². The summed E-state index contributed by atoms with van der Waals surface area (Å²) in [6, 6.07) is 3.21. The third-order valence-corrected chi connectivity index (χ3v) is 3.90. The van der Waals surface area contributed by atoms with E-state index in [0.29, 0.717) is 5.76 Å². The highest BCUT2D eigenvalue weighted by atomic mass is 16.6. The Balaban J connectivity index is 3.51. The van der Waals surface area contributed by atoms with Crippen LogP contribution in [0.2, 0.25) is 0 Å². The Morgan fingerprint density at radius 2 is 1.69 bits per heavy atom. The van der Waals surface area contributed by atoms with Crippen LogP contribution in [0.25, 0.3) is 0 Å². The van der Waals surface area contributed by atoms with Crippen LogP contribution in [-0.4, -0.2) is 37.7 Å². The van der Waals surface area contributed by atoms with Crippen molar-refractivity contribution < 1.29 is 33.0 Å². The molecule has 1 heterocycles. The van der Waals surface area contributed by atoms with Crippen LogP contribution in [0.15, 0.2) is 35.5 Å². The Morgan fingerprint density at radius 3 is 2.12 bits per heavy atom. The zero-order valence-electron chi connectivity index (χ0n) is 15.5. The molecule has 1 aromatic rings. The fourth-order valence-electron chi connectivity index (χ4n) is 2.82. The summed E-state index contributed by atoms with van der Waals surface area (Å²) in [5, 5.41) is 0. The van der Waals surface area contributed by atoms with Gasteiger partial charge in [-0.1, -0.05) is 6.08 Å². The van der Waals surface area contributed by atoms with Crippen LogP contribution in [0.5, 0.6) is 0 Å². The Bertz CT molecular complexity index is 585. The van der Waals surface area contributed by atoms with Crippen molar-refractivity contribution in [1.82, 2.24) is 0 Å². The minimum atomic E-state index is -1.79. The van der Waals surface area contributed by atoms with Crippen molar-refractivity contribution in [2.75, 3.05) is 19.8 Å². The van der Waals surface area contributed by atoms with Gasteiger partial charge in [-0.25, -0.2) is 0 Å². The Labute approximate surface area is 153 Å². The molecule has 1 atom stereocenters. The number of furan rings is 1. The van der Waals surface area contributed by atoms with Crippen LogP contribution in [-0.2, 0) is 28.6 Å². The lowest BCUT2D eigenvalue weighted by atomic mass is 9.70. The van der Waals surface area contributed by atoms with Crippen molar-refractivity contribution in [3.8, 4) is 0 Å². The minimum Gasteiger partial charge on any atom is -0.469 e. The van der Waals surface area contributed by atoms with E-state index in [9.17, 15) is 14.4 Å². The summed E-state index contributed by atoms with van der Waals surface area (Å²) in [4.78, 5) is 37.9. The van der Waals surface area contributed by atoms with Gasteiger partial charge in [0.15, 0.2) is 5.41 Å². The third-order valence-electron chi connectivity index (χ3n) is 3.90. The van der Waals surface area contributed by atoms with E-state index < -0.39 is 29.2 Å². The highest BCUT2D eigenvalue weighted by molar-refractivity contribution is 6.02. The highest BCUT2D eigenvalue weighted by Crippen LogP contribution is 2.44. The molecule has 0 aromatic carbocycles. The molecule has 0 aliphatic carbocycles. The van der Waals surface area contributed by atoms with Gasteiger partial charge in [-0.2, -0.15) is 0 Å². The minimum absolute atomic E-state index is 0.0708. The first kappa shape index (κ1) is 21.5. The molecular weight excluding hydrogens is 340 g/mol. The maximum Gasteiger partial charge on any atom is 0.324 e. The number of ether oxygens (including phenoxy) is 3. The molecule has 0 aliphatic rings. The first-order valence-corrected chi connectivity index (χ1v) is 8.62. The second-order valence-electron chi connectivity index (χ2n) is 5.48. The largest absolute Gasteiger partial charge is 0.469 e. The van der Waals surface area contributed by atoms with Crippen LogP contribution in [0.4, 0.5) is 0 Å². The Kier molecular flexibility index (Phi) is 8.61. The van der Waals surface area contributed by atoms with Gasteiger partial charge in [0.25, 0.3) is 0 Å². The lowest BCUT2D eigenvalue weighted by Gasteiger charge is -2.34. The molecule has 0 amide bonds. The predicted molar refractivity (Wildman–Crippen MR) is 93.2 cm³/mol. The summed E-state index contributed by atoms with van der Waals surface area (Å²) in [7, 11) is 0. The van der Waals surface area contributed by atoms with Crippen molar-refractivity contribution in [3.63, 3.8) is 0 Å². The smallest absolute Gasteiger partial charge is 0.324 e. The fraction of sp³-hybridized carbons (Fsp3) is 0.526. The maximum absolute atomic E-state index is 12.9. The van der Waals surface area contributed by atoms with Crippen molar-refractivity contribution >= 4 is 17.9 Å². The standard InChI is InChI=1S/C19H26O7/c1-5-11-19(17(21)24-7-3,18(22)25-8-4)14(13-16(20)23-6-2)15-10-9-12-26-15/h5,9-10,12,14H,1,6-8,11,13H2,2-4H3. The number of esters is 3. The Morgan fingerprint density at radius 1 is 1.12 bits per heavy atom. The van der Waals surface area contributed by atoms with Gasteiger partial charge in [0.2, 0.25) is 0 Å². The zero-order chi connectivity index (χ0) is 19.6. The lowest BCUT2D eigenvalue weighted by Crippen LogP contribution is -2.47. The molecular formula is C19H26O7. The van der Waals surface area contributed by atoms with Crippen LogP contribution >= 0.6 is 0 Å². The SMILES string of the molecule is C=CCC(C(=O)OCC)(C(=O)OCC)C(CC(=O)OCC)c1ccco1. The van der Waals surface area contributed by atoms with E-state index >= 15 is 0 Å². The van der Waals surface area contributed by atoms with Crippen LogP contribution in [0.3, 0.4) is 0 Å². The summed E-state index contributed by atoms with van der Waals surface area (Å²) >= 11 is 0. The van der Waals surface area contributed by atoms with Gasteiger partial charge < -0.3 is 18.6 Å². The number of allylic oxidation sites excluding steroid dienone is 1. The molecule has 7 heteroatoms. The fourth-order valence-corrected chi connectivity index (χ4v) is 2.82.